The molecule has 0 saturated heterocycles. The number of rotatable bonds is 8. The lowest BCUT2D eigenvalue weighted by Gasteiger charge is -2.12. The predicted molar refractivity (Wildman–Crippen MR) is 127 cm³/mol. The van der Waals surface area contributed by atoms with Gasteiger partial charge in [0.25, 0.3) is 0 Å². The number of carbonyl (C=O) groups is 1. The van der Waals surface area contributed by atoms with E-state index in [1.807, 2.05) is 68.4 Å². The van der Waals surface area contributed by atoms with Crippen molar-refractivity contribution in [1.82, 2.24) is 14.9 Å². The van der Waals surface area contributed by atoms with Crippen molar-refractivity contribution in [3.8, 4) is 0 Å². The van der Waals surface area contributed by atoms with Gasteiger partial charge in [-0.15, -0.1) is 0 Å². The largest absolute Gasteiger partial charge is 0.340 e. The maximum atomic E-state index is 12.1. The number of aromatic nitrogens is 2. The summed E-state index contributed by atoms with van der Waals surface area (Å²) >= 11 is 0. The van der Waals surface area contributed by atoms with Crippen molar-refractivity contribution in [3.05, 3.63) is 78.0 Å². The summed E-state index contributed by atoms with van der Waals surface area (Å²) in [7, 11) is 3.90. The fourth-order valence-corrected chi connectivity index (χ4v) is 2.85. The third-order valence-electron chi connectivity index (χ3n) is 4.38. The Morgan fingerprint density at radius 3 is 2.45 bits per heavy atom. The molecular formula is C24H28N6O. The van der Waals surface area contributed by atoms with Crippen LogP contribution in [-0.4, -0.2) is 41.4 Å². The first-order valence-corrected chi connectivity index (χ1v) is 10.1. The van der Waals surface area contributed by atoms with Gasteiger partial charge >= 0.3 is 0 Å². The van der Waals surface area contributed by atoms with Gasteiger partial charge in [0.15, 0.2) is 0 Å². The molecule has 0 saturated carbocycles. The Morgan fingerprint density at radius 2 is 1.71 bits per heavy atom. The number of anilines is 5. The van der Waals surface area contributed by atoms with Crippen molar-refractivity contribution >= 4 is 34.7 Å². The Balaban J connectivity index is 1.69. The van der Waals surface area contributed by atoms with E-state index in [-0.39, 0.29) is 5.91 Å². The predicted octanol–water partition coefficient (Wildman–Crippen LogP) is 4.64. The molecule has 160 valence electrons. The van der Waals surface area contributed by atoms with Crippen LogP contribution in [0, 0.1) is 13.8 Å². The molecule has 1 amide bonds. The highest BCUT2D eigenvalue weighted by atomic mass is 16.1. The van der Waals surface area contributed by atoms with E-state index in [1.165, 1.54) is 11.6 Å². The van der Waals surface area contributed by atoms with Crippen LogP contribution < -0.4 is 16.0 Å². The quantitative estimate of drug-likeness (QED) is 0.464. The van der Waals surface area contributed by atoms with Gasteiger partial charge in [-0.25, -0.2) is 4.98 Å². The minimum absolute atomic E-state index is 0.171. The summed E-state index contributed by atoms with van der Waals surface area (Å²) in [6.45, 7) is 4.72. The molecule has 7 heteroatoms. The number of hydrogen-bond acceptors (Lipinski definition) is 6. The molecule has 2 aromatic carbocycles. The fraction of sp³-hybridized carbons (Fsp3) is 0.208. The van der Waals surface area contributed by atoms with E-state index in [9.17, 15) is 4.79 Å². The summed E-state index contributed by atoms with van der Waals surface area (Å²) in [4.78, 5) is 23.0. The van der Waals surface area contributed by atoms with E-state index >= 15 is 0 Å². The molecule has 31 heavy (non-hydrogen) atoms. The topological polar surface area (TPSA) is 82.2 Å². The second-order valence-electron chi connectivity index (χ2n) is 7.58. The molecule has 0 aliphatic rings. The van der Waals surface area contributed by atoms with Crippen LogP contribution in [0.3, 0.4) is 0 Å². The molecule has 0 atom stereocenters. The molecule has 0 radical (unpaired) electrons. The molecule has 0 aliphatic heterocycles. The Labute approximate surface area is 183 Å². The van der Waals surface area contributed by atoms with Crippen molar-refractivity contribution in [2.75, 3.05) is 36.6 Å². The van der Waals surface area contributed by atoms with Gasteiger partial charge in [-0.05, 0) is 63.8 Å². The average molecular weight is 417 g/mol. The SMILES string of the molecule is Cc1cccc(Nc2nc(Nc3cccc(NC(=O)/C=C/CN(C)C)c3)ncc2C)c1. The van der Waals surface area contributed by atoms with E-state index in [4.69, 9.17) is 0 Å². The zero-order valence-corrected chi connectivity index (χ0v) is 18.3. The highest BCUT2D eigenvalue weighted by Crippen LogP contribution is 2.22. The van der Waals surface area contributed by atoms with Crippen LogP contribution in [0.15, 0.2) is 66.9 Å². The van der Waals surface area contributed by atoms with Gasteiger partial charge in [0.05, 0.1) is 0 Å². The standard InChI is InChI=1S/C24H28N6O/c1-17-8-5-9-19(14-17)27-23-18(2)16-25-24(29-23)28-21-11-6-10-20(15-21)26-22(31)12-7-13-30(3)4/h5-12,14-16H,13H2,1-4H3,(H,26,31)(H2,25,27,28,29)/b12-7+. The van der Waals surface area contributed by atoms with Crippen molar-refractivity contribution < 1.29 is 4.79 Å². The number of benzene rings is 2. The zero-order valence-electron chi connectivity index (χ0n) is 18.3. The van der Waals surface area contributed by atoms with Crippen molar-refractivity contribution in [3.63, 3.8) is 0 Å². The Morgan fingerprint density at radius 1 is 1.00 bits per heavy atom. The van der Waals surface area contributed by atoms with Crippen LogP contribution in [0.1, 0.15) is 11.1 Å². The van der Waals surface area contributed by atoms with Crippen LogP contribution in [0.25, 0.3) is 0 Å². The number of hydrogen-bond donors (Lipinski definition) is 3. The van der Waals surface area contributed by atoms with E-state index < -0.39 is 0 Å². The maximum absolute atomic E-state index is 12.1. The van der Waals surface area contributed by atoms with Crippen LogP contribution in [0.4, 0.5) is 28.8 Å². The third-order valence-corrected chi connectivity index (χ3v) is 4.38. The van der Waals surface area contributed by atoms with Gasteiger partial charge in [-0.2, -0.15) is 4.98 Å². The summed E-state index contributed by atoms with van der Waals surface area (Å²) in [5.74, 6) is 1.03. The van der Waals surface area contributed by atoms with Gasteiger partial charge in [-0.1, -0.05) is 24.3 Å². The van der Waals surface area contributed by atoms with Gasteiger partial charge in [0.2, 0.25) is 11.9 Å². The molecule has 3 aromatic rings. The Bertz CT molecular complexity index is 1080. The molecule has 0 aliphatic carbocycles. The summed E-state index contributed by atoms with van der Waals surface area (Å²) in [6, 6.07) is 15.6. The zero-order chi connectivity index (χ0) is 22.2. The first-order chi connectivity index (χ1) is 14.9. The highest BCUT2D eigenvalue weighted by molar-refractivity contribution is 5.99. The number of carbonyl (C=O) groups excluding carboxylic acids is 1. The van der Waals surface area contributed by atoms with Crippen LogP contribution in [-0.2, 0) is 4.79 Å². The number of aryl methyl sites for hydroxylation is 2. The number of nitrogens with one attached hydrogen (secondary N) is 3. The van der Waals surface area contributed by atoms with Crippen LogP contribution in [0.5, 0.6) is 0 Å². The highest BCUT2D eigenvalue weighted by Gasteiger charge is 2.06. The van der Waals surface area contributed by atoms with Gasteiger partial charge in [-0.3, -0.25) is 4.79 Å². The summed E-state index contributed by atoms with van der Waals surface area (Å²) in [5.41, 5.74) is 4.55. The third kappa shape index (κ3) is 6.94. The fourth-order valence-electron chi connectivity index (χ4n) is 2.85. The van der Waals surface area contributed by atoms with Crippen molar-refractivity contribution in [1.29, 1.82) is 0 Å². The number of nitrogens with zero attached hydrogens (tertiary/aromatic N) is 3. The van der Waals surface area contributed by atoms with Crippen LogP contribution in [0.2, 0.25) is 0 Å². The Hall–Kier alpha value is -3.71. The molecule has 3 rings (SSSR count). The number of amides is 1. The first-order valence-electron chi connectivity index (χ1n) is 10.1. The van der Waals surface area contributed by atoms with Gasteiger partial charge < -0.3 is 20.9 Å². The monoisotopic (exact) mass is 416 g/mol. The molecule has 0 bridgehead atoms. The molecule has 3 N–H and O–H groups in total. The molecule has 0 spiro atoms. The van der Waals surface area contributed by atoms with Crippen LogP contribution >= 0.6 is 0 Å². The van der Waals surface area contributed by atoms with Gasteiger partial charge in [0.1, 0.15) is 5.82 Å². The minimum atomic E-state index is -0.171. The molecule has 0 fully saturated rings. The lowest BCUT2D eigenvalue weighted by Crippen LogP contribution is -2.13. The second-order valence-corrected chi connectivity index (χ2v) is 7.58. The number of likely N-dealkylation sites (N-methyl/N-ethyl adjacent to an activating group) is 1. The van der Waals surface area contributed by atoms with E-state index in [2.05, 4.69) is 45.0 Å². The average Bonchev–Trinajstić information content (AvgIpc) is 2.70. The van der Waals surface area contributed by atoms with Crippen molar-refractivity contribution in [2.45, 2.75) is 13.8 Å². The summed E-state index contributed by atoms with van der Waals surface area (Å²) in [5, 5.41) is 9.41. The summed E-state index contributed by atoms with van der Waals surface area (Å²) < 4.78 is 0. The second kappa shape index (κ2) is 10.4. The Kier molecular flexibility index (Phi) is 7.35. The van der Waals surface area contributed by atoms with E-state index in [0.717, 1.165) is 22.8 Å². The normalized spacial score (nSPS) is 11.0. The minimum Gasteiger partial charge on any atom is -0.340 e. The van der Waals surface area contributed by atoms with Crippen molar-refractivity contribution in [2.24, 2.45) is 0 Å². The molecular weight excluding hydrogens is 388 g/mol. The molecule has 7 nitrogen and oxygen atoms in total. The maximum Gasteiger partial charge on any atom is 0.248 e. The smallest absolute Gasteiger partial charge is 0.248 e. The lowest BCUT2D eigenvalue weighted by atomic mass is 10.2. The van der Waals surface area contributed by atoms with E-state index in [0.29, 0.717) is 18.2 Å². The molecule has 1 aromatic heterocycles. The summed E-state index contributed by atoms with van der Waals surface area (Å²) in [6.07, 6.45) is 5.13. The molecule has 0 unspecified atom stereocenters. The first kappa shape index (κ1) is 22.0. The lowest BCUT2D eigenvalue weighted by molar-refractivity contribution is -0.111. The van der Waals surface area contributed by atoms with Gasteiger partial charge in [0, 0.05) is 41.4 Å². The molecule has 1 heterocycles. The van der Waals surface area contributed by atoms with E-state index in [1.54, 1.807) is 6.20 Å².